The first-order valence-electron chi connectivity index (χ1n) is 7.17. The van der Waals surface area contributed by atoms with E-state index in [0.717, 1.165) is 26.1 Å². The van der Waals surface area contributed by atoms with E-state index in [2.05, 4.69) is 26.1 Å². The molecule has 1 aliphatic carbocycles. The first kappa shape index (κ1) is 15.9. The second-order valence-electron chi connectivity index (χ2n) is 5.34. The molecule has 0 amide bonds. The van der Waals surface area contributed by atoms with Gasteiger partial charge in [-0.3, -0.25) is 0 Å². The second-order valence-corrected chi connectivity index (χ2v) is 5.34. The van der Waals surface area contributed by atoms with E-state index in [9.17, 15) is 0 Å². The summed E-state index contributed by atoms with van der Waals surface area (Å²) in [5.74, 6) is 0.586. The zero-order valence-corrected chi connectivity index (χ0v) is 12.3. The maximum Gasteiger partial charge on any atom is 0.0990 e. The van der Waals surface area contributed by atoms with Gasteiger partial charge in [0.05, 0.1) is 25.4 Å². The van der Waals surface area contributed by atoms with E-state index in [-0.39, 0.29) is 12.2 Å². The van der Waals surface area contributed by atoms with Crippen LogP contribution in [0, 0.1) is 5.92 Å². The van der Waals surface area contributed by atoms with Gasteiger partial charge in [-0.1, -0.05) is 20.8 Å². The van der Waals surface area contributed by atoms with E-state index in [1.807, 2.05) is 7.05 Å². The Morgan fingerprint density at radius 2 is 1.94 bits per heavy atom. The van der Waals surface area contributed by atoms with Crippen molar-refractivity contribution in [3.8, 4) is 0 Å². The standard InChI is InChI=1S/C14H29NO3/c1-5-6-18-14-12(15-4)9-13(14)17-8-7-16-10-11(2)3/h11-15H,5-10H2,1-4H3. The Bertz CT molecular complexity index is 211. The Labute approximate surface area is 111 Å². The Balaban J connectivity index is 2.09. The van der Waals surface area contributed by atoms with Gasteiger partial charge in [0.15, 0.2) is 0 Å². The molecule has 1 saturated carbocycles. The maximum atomic E-state index is 5.81. The van der Waals surface area contributed by atoms with Gasteiger partial charge in [-0.05, 0) is 25.8 Å². The van der Waals surface area contributed by atoms with Crippen LogP contribution in [-0.2, 0) is 14.2 Å². The Morgan fingerprint density at radius 3 is 2.56 bits per heavy atom. The molecular weight excluding hydrogens is 230 g/mol. The lowest BCUT2D eigenvalue weighted by Crippen LogP contribution is -2.59. The monoisotopic (exact) mass is 259 g/mol. The van der Waals surface area contributed by atoms with Crippen molar-refractivity contribution in [2.75, 3.05) is 33.5 Å². The molecule has 0 spiro atoms. The lowest BCUT2D eigenvalue weighted by atomic mass is 9.85. The fourth-order valence-corrected chi connectivity index (χ4v) is 2.08. The molecule has 0 aliphatic heterocycles. The van der Waals surface area contributed by atoms with Crippen LogP contribution in [0.2, 0.25) is 0 Å². The molecule has 1 aliphatic rings. The minimum atomic E-state index is 0.208. The van der Waals surface area contributed by atoms with E-state index >= 15 is 0 Å². The van der Waals surface area contributed by atoms with Gasteiger partial charge in [0.2, 0.25) is 0 Å². The van der Waals surface area contributed by atoms with Crippen LogP contribution in [0.15, 0.2) is 0 Å². The third-order valence-corrected chi connectivity index (χ3v) is 3.15. The predicted octanol–water partition coefficient (Wildman–Crippen LogP) is 1.83. The van der Waals surface area contributed by atoms with Gasteiger partial charge in [-0.25, -0.2) is 0 Å². The number of ether oxygens (including phenoxy) is 3. The van der Waals surface area contributed by atoms with Crippen molar-refractivity contribution < 1.29 is 14.2 Å². The largest absolute Gasteiger partial charge is 0.379 e. The highest BCUT2D eigenvalue weighted by Crippen LogP contribution is 2.27. The highest BCUT2D eigenvalue weighted by atomic mass is 16.6. The molecule has 1 rings (SSSR count). The number of likely N-dealkylation sites (N-methyl/N-ethyl adjacent to an activating group) is 1. The van der Waals surface area contributed by atoms with Crippen molar-refractivity contribution in [3.63, 3.8) is 0 Å². The fourth-order valence-electron chi connectivity index (χ4n) is 2.08. The molecule has 0 saturated heterocycles. The molecule has 0 aromatic heterocycles. The zero-order chi connectivity index (χ0) is 13.4. The van der Waals surface area contributed by atoms with E-state index in [4.69, 9.17) is 14.2 Å². The summed E-state index contributed by atoms with van der Waals surface area (Å²) in [5.41, 5.74) is 0. The van der Waals surface area contributed by atoms with Crippen LogP contribution in [0.5, 0.6) is 0 Å². The summed E-state index contributed by atoms with van der Waals surface area (Å²) in [7, 11) is 1.98. The maximum absolute atomic E-state index is 5.81. The van der Waals surface area contributed by atoms with Gasteiger partial charge < -0.3 is 19.5 Å². The molecule has 0 radical (unpaired) electrons. The predicted molar refractivity (Wildman–Crippen MR) is 72.9 cm³/mol. The lowest BCUT2D eigenvalue weighted by molar-refractivity contribution is -0.152. The smallest absolute Gasteiger partial charge is 0.0990 e. The van der Waals surface area contributed by atoms with E-state index < -0.39 is 0 Å². The second kappa shape index (κ2) is 8.86. The molecule has 18 heavy (non-hydrogen) atoms. The lowest BCUT2D eigenvalue weighted by Gasteiger charge is -2.43. The molecule has 3 atom stereocenters. The number of hydrogen-bond acceptors (Lipinski definition) is 4. The Morgan fingerprint density at radius 1 is 1.17 bits per heavy atom. The highest BCUT2D eigenvalue weighted by Gasteiger charge is 2.41. The Kier molecular flexibility index (Phi) is 7.82. The quantitative estimate of drug-likeness (QED) is 0.608. The van der Waals surface area contributed by atoms with E-state index in [0.29, 0.717) is 25.2 Å². The normalized spacial score (nSPS) is 27.5. The van der Waals surface area contributed by atoms with Crippen LogP contribution >= 0.6 is 0 Å². The molecular formula is C14H29NO3. The molecule has 3 unspecified atom stereocenters. The van der Waals surface area contributed by atoms with Crippen LogP contribution in [0.25, 0.3) is 0 Å². The third kappa shape index (κ3) is 5.22. The average Bonchev–Trinajstić information content (AvgIpc) is 2.32. The molecule has 0 aromatic rings. The molecule has 1 N–H and O–H groups in total. The molecule has 1 fully saturated rings. The van der Waals surface area contributed by atoms with Crippen molar-refractivity contribution in [1.82, 2.24) is 5.32 Å². The van der Waals surface area contributed by atoms with Crippen LogP contribution < -0.4 is 5.32 Å². The summed E-state index contributed by atoms with van der Waals surface area (Å²) < 4.78 is 17.1. The van der Waals surface area contributed by atoms with Crippen molar-refractivity contribution in [1.29, 1.82) is 0 Å². The summed E-state index contributed by atoms with van der Waals surface area (Å²) in [4.78, 5) is 0. The van der Waals surface area contributed by atoms with E-state index in [1.54, 1.807) is 0 Å². The van der Waals surface area contributed by atoms with Gasteiger partial charge in [0.1, 0.15) is 0 Å². The van der Waals surface area contributed by atoms with Gasteiger partial charge >= 0.3 is 0 Å². The zero-order valence-electron chi connectivity index (χ0n) is 12.3. The molecule has 4 nitrogen and oxygen atoms in total. The average molecular weight is 259 g/mol. The molecule has 0 heterocycles. The minimum Gasteiger partial charge on any atom is -0.379 e. The van der Waals surface area contributed by atoms with Crippen molar-refractivity contribution >= 4 is 0 Å². The summed E-state index contributed by atoms with van der Waals surface area (Å²) in [6.07, 6.45) is 2.53. The summed E-state index contributed by atoms with van der Waals surface area (Å²) in [6, 6.07) is 0.443. The molecule has 0 bridgehead atoms. The van der Waals surface area contributed by atoms with Crippen molar-refractivity contribution in [2.24, 2.45) is 5.92 Å². The Hall–Kier alpha value is -0.160. The highest BCUT2D eigenvalue weighted by molar-refractivity contribution is 4.96. The number of rotatable bonds is 10. The summed E-state index contributed by atoms with van der Waals surface area (Å²) in [6.45, 7) is 9.40. The van der Waals surface area contributed by atoms with Crippen LogP contribution in [0.4, 0.5) is 0 Å². The first-order chi connectivity index (χ1) is 8.69. The fraction of sp³-hybridized carbons (Fsp3) is 1.00. The molecule has 108 valence electrons. The molecule has 4 heteroatoms. The van der Waals surface area contributed by atoms with Gasteiger partial charge in [-0.15, -0.1) is 0 Å². The molecule has 0 aromatic carbocycles. The first-order valence-corrected chi connectivity index (χ1v) is 7.17. The third-order valence-electron chi connectivity index (χ3n) is 3.15. The number of nitrogens with one attached hydrogen (secondary N) is 1. The minimum absolute atomic E-state index is 0.208. The van der Waals surface area contributed by atoms with E-state index in [1.165, 1.54) is 0 Å². The van der Waals surface area contributed by atoms with Gasteiger partial charge in [0.25, 0.3) is 0 Å². The SMILES string of the molecule is CCCOC1C(NC)CC1OCCOCC(C)C. The van der Waals surface area contributed by atoms with Gasteiger partial charge in [-0.2, -0.15) is 0 Å². The van der Waals surface area contributed by atoms with Crippen LogP contribution in [-0.4, -0.2) is 51.7 Å². The van der Waals surface area contributed by atoms with Crippen molar-refractivity contribution in [2.45, 2.75) is 51.9 Å². The van der Waals surface area contributed by atoms with Gasteiger partial charge in [0, 0.05) is 19.3 Å². The summed E-state index contributed by atoms with van der Waals surface area (Å²) >= 11 is 0. The summed E-state index contributed by atoms with van der Waals surface area (Å²) in [5, 5.41) is 3.27. The topological polar surface area (TPSA) is 39.7 Å². The number of hydrogen-bond donors (Lipinski definition) is 1. The van der Waals surface area contributed by atoms with Crippen molar-refractivity contribution in [3.05, 3.63) is 0 Å². The van der Waals surface area contributed by atoms with Crippen LogP contribution in [0.3, 0.4) is 0 Å². The van der Waals surface area contributed by atoms with Crippen LogP contribution in [0.1, 0.15) is 33.6 Å².